The molecule has 0 aromatic rings. The average molecular weight is 1150 g/mol. The molecule has 0 saturated heterocycles. The van der Waals surface area contributed by atoms with Gasteiger partial charge in [-0.05, 0) is 109 Å². The van der Waals surface area contributed by atoms with E-state index in [-0.39, 0.29) is 38.6 Å². The minimum Gasteiger partial charge on any atom is -0.545 e. The van der Waals surface area contributed by atoms with Gasteiger partial charge < -0.3 is 33.3 Å². The van der Waals surface area contributed by atoms with E-state index >= 15 is 0 Å². The van der Waals surface area contributed by atoms with Crippen molar-refractivity contribution in [1.29, 1.82) is 0 Å². The number of hydrogen-bond acceptors (Lipinski definition) is 8. The maximum absolute atomic E-state index is 12.9. The Morgan fingerprint density at radius 1 is 0.361 bits per heavy atom. The largest absolute Gasteiger partial charge is 0.545 e. The molecule has 0 amide bonds. The molecule has 0 aliphatic heterocycles. The Kier molecular flexibility index (Phi) is 60.0. The molecule has 0 radical (unpaired) electrons. The van der Waals surface area contributed by atoms with Crippen LogP contribution in [0.1, 0.15) is 258 Å². The third-order valence-electron chi connectivity index (χ3n) is 13.9. The van der Waals surface area contributed by atoms with E-state index in [9.17, 15) is 19.5 Å². The molecule has 9 heteroatoms. The number of rotatable bonds is 60. The molecule has 9 nitrogen and oxygen atoms in total. The van der Waals surface area contributed by atoms with Gasteiger partial charge in [-0.2, -0.15) is 0 Å². The van der Waals surface area contributed by atoms with E-state index in [1.165, 1.54) is 103 Å². The number of quaternary nitrogens is 1. The highest BCUT2D eigenvalue weighted by Crippen LogP contribution is 2.16. The second kappa shape index (κ2) is 63.5. The molecule has 0 aromatic heterocycles. The van der Waals surface area contributed by atoms with Crippen molar-refractivity contribution in [2.45, 2.75) is 270 Å². The summed E-state index contributed by atoms with van der Waals surface area (Å²) in [6.07, 6.45) is 88.0. The van der Waals surface area contributed by atoms with E-state index < -0.39 is 24.3 Å². The summed E-state index contributed by atoms with van der Waals surface area (Å²) in [5.41, 5.74) is 0. The van der Waals surface area contributed by atoms with Crippen LogP contribution in [0.3, 0.4) is 0 Å². The zero-order valence-corrected chi connectivity index (χ0v) is 53.8. The summed E-state index contributed by atoms with van der Waals surface area (Å²) in [6, 6.07) is 0. The number of aliphatic carboxylic acids is 1. The van der Waals surface area contributed by atoms with Gasteiger partial charge in [0.05, 0.1) is 40.3 Å². The number of carboxylic acids is 1. The lowest BCUT2D eigenvalue weighted by Crippen LogP contribution is -2.44. The van der Waals surface area contributed by atoms with Crippen LogP contribution in [0.4, 0.5) is 0 Å². The summed E-state index contributed by atoms with van der Waals surface area (Å²) >= 11 is 0. The van der Waals surface area contributed by atoms with E-state index in [2.05, 4.69) is 148 Å². The van der Waals surface area contributed by atoms with E-state index in [0.29, 0.717) is 17.4 Å². The first-order valence-electron chi connectivity index (χ1n) is 33.3. The van der Waals surface area contributed by atoms with Crippen LogP contribution < -0.4 is 5.11 Å². The van der Waals surface area contributed by atoms with Gasteiger partial charge in [0.2, 0.25) is 0 Å². The zero-order chi connectivity index (χ0) is 60.5. The lowest BCUT2D eigenvalue weighted by Gasteiger charge is -2.26. The molecule has 0 rings (SSSR count). The summed E-state index contributed by atoms with van der Waals surface area (Å²) in [5.74, 6) is -2.30. The third kappa shape index (κ3) is 64.8. The number of carbonyl (C=O) groups excluding carboxylic acids is 3. The minimum absolute atomic E-state index is 0.141. The van der Waals surface area contributed by atoms with Gasteiger partial charge in [-0.25, -0.2) is 0 Å². The Bertz CT molecular complexity index is 1820. The van der Waals surface area contributed by atoms with Crippen LogP contribution in [-0.2, 0) is 33.3 Å². The van der Waals surface area contributed by atoms with Crippen molar-refractivity contribution >= 4 is 17.9 Å². The van der Waals surface area contributed by atoms with Crippen LogP contribution in [0.2, 0.25) is 0 Å². The molecule has 83 heavy (non-hydrogen) atoms. The van der Waals surface area contributed by atoms with E-state index in [0.717, 1.165) is 122 Å². The fraction of sp³-hybridized carbons (Fsp3) is 0.662. The van der Waals surface area contributed by atoms with Crippen molar-refractivity contribution in [1.82, 2.24) is 0 Å². The molecule has 472 valence electrons. The van der Waals surface area contributed by atoms with Crippen LogP contribution in [0.25, 0.3) is 0 Å². The molecule has 0 spiro atoms. The molecule has 2 atom stereocenters. The lowest BCUT2D eigenvalue weighted by molar-refractivity contribution is -0.870. The van der Waals surface area contributed by atoms with Gasteiger partial charge in [-0.1, -0.05) is 270 Å². The first kappa shape index (κ1) is 78.4. The van der Waals surface area contributed by atoms with Gasteiger partial charge in [0.15, 0.2) is 12.4 Å². The number of ether oxygens (including phenoxy) is 4. The predicted molar refractivity (Wildman–Crippen MR) is 352 cm³/mol. The zero-order valence-electron chi connectivity index (χ0n) is 53.8. The number of allylic oxidation sites excluding steroid dienone is 22. The molecule has 0 aliphatic carbocycles. The van der Waals surface area contributed by atoms with Crippen molar-refractivity contribution in [2.75, 3.05) is 47.5 Å². The molecule has 2 unspecified atom stereocenters. The van der Waals surface area contributed by atoms with Gasteiger partial charge in [-0.15, -0.1) is 0 Å². The summed E-state index contributed by atoms with van der Waals surface area (Å²) in [6.45, 7) is 4.51. The molecule has 0 fully saturated rings. The molecular weight excluding hydrogens is 1030 g/mol. The highest BCUT2D eigenvalue weighted by molar-refractivity contribution is 5.70. The summed E-state index contributed by atoms with van der Waals surface area (Å²) in [5, 5.41) is 11.8. The van der Waals surface area contributed by atoms with Crippen molar-refractivity contribution in [3.05, 3.63) is 134 Å². The molecule has 0 aromatic carbocycles. The maximum Gasteiger partial charge on any atom is 0.306 e. The van der Waals surface area contributed by atoms with Crippen LogP contribution in [0.15, 0.2) is 134 Å². The first-order chi connectivity index (χ1) is 40.6. The standard InChI is InChI=1S/C74H123NO8/c1-6-8-10-12-14-16-18-20-22-24-26-28-29-30-31-32-33-34-35-36-37-38-39-40-41-42-43-45-47-49-51-53-55-57-59-61-63-65-72(77)83-70(69-82-74(73(78)79)80-67-66-75(3,4)5)68-81-71(76)64-62-60-58-56-54-52-50-48-46-44-27-25-23-21-19-17-15-13-11-9-7-2/h8-11,14-17,20-23,26-28,30-31,33-34,36-37,44,70,74H,6-7,12-13,18-19,24-25,29,32,35,38-43,45-69H2,1-5H3/b10-8-,11-9-,16-14-,17-15-,22-20-,23-21-,28-26-,31-30-,34-33-,37-36-,44-27-. The van der Waals surface area contributed by atoms with Crippen molar-refractivity contribution < 1.29 is 42.9 Å². The molecular formula is C74H123NO8. The van der Waals surface area contributed by atoms with E-state index in [4.69, 9.17) is 18.9 Å². The maximum atomic E-state index is 12.9. The van der Waals surface area contributed by atoms with Gasteiger partial charge in [0.1, 0.15) is 13.2 Å². The SMILES string of the molecule is CC/C=C\C/C=C\C/C=C\C/C=C\C/C=C\C/C=C\C/C=C\CCCCCCCCCCCCCCCCCC(=O)OC(COC(=O)CCCCCCCCCC/C=C\C/C=C\C/C=C\C/C=C\CC)COC(OCC[N+](C)(C)C)C(=O)[O-]. The fourth-order valence-corrected chi connectivity index (χ4v) is 8.86. The number of carbonyl (C=O) groups is 3. The lowest BCUT2D eigenvalue weighted by atomic mass is 10.0. The topological polar surface area (TPSA) is 111 Å². The van der Waals surface area contributed by atoms with Crippen molar-refractivity contribution in [3.8, 4) is 0 Å². The first-order valence-corrected chi connectivity index (χ1v) is 33.3. The predicted octanol–water partition coefficient (Wildman–Crippen LogP) is 19.2. The smallest absolute Gasteiger partial charge is 0.306 e. The number of nitrogens with zero attached hydrogens (tertiary/aromatic N) is 1. The summed E-state index contributed by atoms with van der Waals surface area (Å²) in [7, 11) is 5.92. The number of unbranched alkanes of at least 4 members (excludes halogenated alkanes) is 23. The van der Waals surface area contributed by atoms with Crippen LogP contribution in [0, 0.1) is 0 Å². The third-order valence-corrected chi connectivity index (χ3v) is 13.9. The van der Waals surface area contributed by atoms with E-state index in [1.54, 1.807) is 0 Å². The summed E-state index contributed by atoms with van der Waals surface area (Å²) in [4.78, 5) is 37.4. The van der Waals surface area contributed by atoms with Crippen molar-refractivity contribution in [3.63, 3.8) is 0 Å². The number of hydrogen-bond donors (Lipinski definition) is 0. The highest BCUT2D eigenvalue weighted by Gasteiger charge is 2.22. The van der Waals surface area contributed by atoms with Crippen LogP contribution >= 0.6 is 0 Å². The van der Waals surface area contributed by atoms with Crippen molar-refractivity contribution in [2.24, 2.45) is 0 Å². The molecule has 0 N–H and O–H groups in total. The quantitative estimate of drug-likeness (QED) is 0.0195. The molecule has 0 saturated carbocycles. The number of carboxylic acid groups (broad SMARTS) is 1. The Morgan fingerprint density at radius 2 is 0.651 bits per heavy atom. The normalized spacial score (nSPS) is 13.6. The molecule has 0 bridgehead atoms. The molecule has 0 heterocycles. The second-order valence-electron chi connectivity index (χ2n) is 23.0. The van der Waals surface area contributed by atoms with E-state index in [1.807, 2.05) is 21.1 Å². The van der Waals surface area contributed by atoms with Gasteiger partial charge in [0.25, 0.3) is 0 Å². The monoisotopic (exact) mass is 1150 g/mol. The minimum atomic E-state index is -1.63. The fourth-order valence-electron chi connectivity index (χ4n) is 8.86. The Hall–Kier alpha value is -4.57. The van der Waals surface area contributed by atoms with Gasteiger partial charge in [-0.3, -0.25) is 9.59 Å². The Labute approximate surface area is 509 Å². The number of esters is 2. The second-order valence-corrected chi connectivity index (χ2v) is 23.0. The average Bonchev–Trinajstić information content (AvgIpc) is 3.46. The Balaban J connectivity index is 4.13. The Morgan fingerprint density at radius 3 is 0.964 bits per heavy atom. The van der Waals surface area contributed by atoms with Gasteiger partial charge in [0, 0.05) is 12.8 Å². The number of likely N-dealkylation sites (N-methyl/N-ethyl adjacent to an activating group) is 1. The van der Waals surface area contributed by atoms with Crippen LogP contribution in [-0.4, -0.2) is 82.3 Å². The summed E-state index contributed by atoms with van der Waals surface area (Å²) < 4.78 is 22.8. The van der Waals surface area contributed by atoms with Crippen LogP contribution in [0.5, 0.6) is 0 Å². The molecule has 0 aliphatic rings. The van der Waals surface area contributed by atoms with Gasteiger partial charge >= 0.3 is 11.9 Å². The highest BCUT2D eigenvalue weighted by atomic mass is 16.7.